The highest BCUT2D eigenvalue weighted by Gasteiger charge is 2.25. The highest BCUT2D eigenvalue weighted by molar-refractivity contribution is 6.32. The third-order valence-electron chi connectivity index (χ3n) is 3.69. The topological polar surface area (TPSA) is 132 Å². The number of azo groups is 1. The fraction of sp³-hybridized carbons (Fsp3) is 0.222. The summed E-state index contributed by atoms with van der Waals surface area (Å²) in [7, 11) is 2.79. The van der Waals surface area contributed by atoms with Crippen LogP contribution in [0.15, 0.2) is 46.6 Å². The summed E-state index contributed by atoms with van der Waals surface area (Å²) in [6.45, 7) is 1.18. The van der Waals surface area contributed by atoms with Crippen molar-refractivity contribution in [1.29, 1.82) is 0 Å². The summed E-state index contributed by atoms with van der Waals surface area (Å²) < 4.78 is 10.3. The fourth-order valence-electron chi connectivity index (χ4n) is 2.27. The Bertz CT molecular complexity index is 979. The second-order valence-corrected chi connectivity index (χ2v) is 6.09. The molecule has 0 radical (unpaired) electrons. The Labute approximate surface area is 170 Å². The molecule has 0 heterocycles. The van der Waals surface area contributed by atoms with Gasteiger partial charge in [0.1, 0.15) is 11.5 Å². The summed E-state index contributed by atoms with van der Waals surface area (Å²) in [5.41, 5.74) is 0.155. The van der Waals surface area contributed by atoms with Crippen molar-refractivity contribution in [3.05, 3.63) is 51.5 Å². The van der Waals surface area contributed by atoms with Crippen molar-refractivity contribution < 1.29 is 24.0 Å². The molecule has 1 amide bonds. The van der Waals surface area contributed by atoms with E-state index in [2.05, 4.69) is 15.5 Å². The normalized spacial score (nSPS) is 11.7. The van der Waals surface area contributed by atoms with Gasteiger partial charge in [-0.15, -0.1) is 0 Å². The van der Waals surface area contributed by atoms with Crippen LogP contribution in [-0.4, -0.2) is 36.9 Å². The van der Waals surface area contributed by atoms with E-state index in [0.29, 0.717) is 5.75 Å². The van der Waals surface area contributed by atoms with Crippen LogP contribution in [0, 0.1) is 10.1 Å². The monoisotopic (exact) mass is 420 g/mol. The number of non-ortho nitro benzene ring substituents is 1. The number of hydrogen-bond acceptors (Lipinski definition) is 8. The number of carbonyl (C=O) groups is 2. The Morgan fingerprint density at radius 3 is 2.45 bits per heavy atom. The number of benzene rings is 2. The number of halogens is 1. The van der Waals surface area contributed by atoms with E-state index in [9.17, 15) is 19.7 Å². The Morgan fingerprint density at radius 1 is 1.17 bits per heavy atom. The molecule has 2 aromatic rings. The van der Waals surface area contributed by atoms with Crippen LogP contribution in [0.25, 0.3) is 0 Å². The van der Waals surface area contributed by atoms with Crippen molar-refractivity contribution in [3.8, 4) is 11.5 Å². The number of nitrogens with zero attached hydrogens (tertiary/aromatic N) is 3. The zero-order valence-electron chi connectivity index (χ0n) is 15.7. The van der Waals surface area contributed by atoms with E-state index in [4.69, 9.17) is 21.1 Å². The lowest BCUT2D eigenvalue weighted by atomic mass is 10.2. The zero-order valence-corrected chi connectivity index (χ0v) is 16.5. The molecule has 0 aliphatic rings. The zero-order chi connectivity index (χ0) is 21.6. The largest absolute Gasteiger partial charge is 0.495 e. The van der Waals surface area contributed by atoms with E-state index in [0.717, 1.165) is 0 Å². The number of amides is 1. The lowest BCUT2D eigenvalue weighted by Crippen LogP contribution is -2.32. The summed E-state index contributed by atoms with van der Waals surface area (Å²) in [5.74, 6) is -0.798. The Morgan fingerprint density at radius 2 is 1.86 bits per heavy atom. The molecule has 0 aliphatic heterocycles. The molecule has 2 rings (SSSR count). The summed E-state index contributed by atoms with van der Waals surface area (Å²) >= 11 is 6.03. The first-order valence-corrected chi connectivity index (χ1v) is 8.52. The Balaban J connectivity index is 2.28. The number of Topliss-reactive ketones (excluding diaryl/α,β-unsaturated/α-hetero) is 1. The van der Waals surface area contributed by atoms with Gasteiger partial charge in [0.2, 0.25) is 6.04 Å². The van der Waals surface area contributed by atoms with Crippen LogP contribution in [0.5, 0.6) is 11.5 Å². The van der Waals surface area contributed by atoms with Gasteiger partial charge < -0.3 is 14.8 Å². The first kappa shape index (κ1) is 21.8. The Kier molecular flexibility index (Phi) is 7.21. The Hall–Kier alpha value is -3.53. The number of nitro benzene ring substituents is 1. The molecule has 152 valence electrons. The predicted octanol–water partition coefficient (Wildman–Crippen LogP) is 3.95. The average molecular weight is 421 g/mol. The van der Waals surface area contributed by atoms with Crippen LogP contribution in [0.2, 0.25) is 5.02 Å². The molecule has 0 aromatic heterocycles. The summed E-state index contributed by atoms with van der Waals surface area (Å²) in [4.78, 5) is 34.7. The molecule has 2 aromatic carbocycles. The molecule has 0 saturated carbocycles. The third-order valence-corrected chi connectivity index (χ3v) is 3.99. The number of rotatable bonds is 8. The van der Waals surface area contributed by atoms with Gasteiger partial charge in [-0.1, -0.05) is 17.7 Å². The minimum Gasteiger partial charge on any atom is -0.495 e. The molecule has 11 heteroatoms. The van der Waals surface area contributed by atoms with E-state index in [-0.39, 0.29) is 27.8 Å². The lowest BCUT2D eigenvalue weighted by Gasteiger charge is -2.14. The average Bonchev–Trinajstić information content (AvgIpc) is 2.69. The van der Waals surface area contributed by atoms with Crippen LogP contribution in [0.1, 0.15) is 6.92 Å². The second kappa shape index (κ2) is 9.60. The van der Waals surface area contributed by atoms with Crippen LogP contribution in [0.4, 0.5) is 17.1 Å². The number of carbonyl (C=O) groups excluding carboxylic acids is 2. The number of anilines is 1. The predicted molar refractivity (Wildman–Crippen MR) is 105 cm³/mol. The standard InChI is InChI=1S/C18H17ClN4O6/c1-10(24)17(22-21-11-5-4-6-12(7-11)23(26)27)18(25)20-14-9-15(28-2)13(19)8-16(14)29-3/h4-9,17H,1-3H3,(H,20,25). The maximum atomic E-state index is 12.6. The molecule has 0 spiro atoms. The molecule has 0 saturated heterocycles. The third kappa shape index (κ3) is 5.48. The van der Waals surface area contributed by atoms with Crippen LogP contribution in [-0.2, 0) is 9.59 Å². The van der Waals surface area contributed by atoms with Gasteiger partial charge in [-0.3, -0.25) is 19.7 Å². The van der Waals surface area contributed by atoms with Crippen LogP contribution in [0.3, 0.4) is 0 Å². The van der Waals surface area contributed by atoms with Crippen molar-refractivity contribution in [3.63, 3.8) is 0 Å². The van der Waals surface area contributed by atoms with E-state index in [1.165, 1.54) is 57.5 Å². The van der Waals surface area contributed by atoms with Gasteiger partial charge in [0.15, 0.2) is 5.78 Å². The summed E-state index contributed by atoms with van der Waals surface area (Å²) in [6, 6.07) is 6.75. The number of ether oxygens (including phenoxy) is 2. The number of ketones is 1. The van der Waals surface area contributed by atoms with Gasteiger partial charge in [0, 0.05) is 24.3 Å². The van der Waals surface area contributed by atoms with Crippen molar-refractivity contribution in [2.24, 2.45) is 10.2 Å². The molecular weight excluding hydrogens is 404 g/mol. The van der Waals surface area contributed by atoms with E-state index < -0.39 is 22.7 Å². The van der Waals surface area contributed by atoms with E-state index >= 15 is 0 Å². The molecule has 1 N–H and O–H groups in total. The van der Waals surface area contributed by atoms with Gasteiger partial charge in [-0.25, -0.2) is 0 Å². The van der Waals surface area contributed by atoms with Crippen LogP contribution < -0.4 is 14.8 Å². The maximum Gasteiger partial charge on any atom is 0.271 e. The smallest absolute Gasteiger partial charge is 0.271 e. The molecule has 10 nitrogen and oxygen atoms in total. The maximum absolute atomic E-state index is 12.6. The molecule has 1 atom stereocenters. The molecule has 1 unspecified atom stereocenters. The first-order valence-electron chi connectivity index (χ1n) is 8.15. The van der Waals surface area contributed by atoms with Gasteiger partial charge in [-0.2, -0.15) is 10.2 Å². The van der Waals surface area contributed by atoms with Gasteiger partial charge >= 0.3 is 0 Å². The van der Waals surface area contributed by atoms with Crippen molar-refractivity contribution in [2.75, 3.05) is 19.5 Å². The van der Waals surface area contributed by atoms with Gasteiger partial charge in [-0.05, 0) is 13.0 Å². The molecule has 0 bridgehead atoms. The SMILES string of the molecule is COc1cc(NC(=O)C(N=Nc2cccc([N+](=O)[O-])c2)C(C)=O)c(OC)cc1Cl. The summed E-state index contributed by atoms with van der Waals surface area (Å²) in [5, 5.41) is 21.2. The molecule has 0 fully saturated rings. The van der Waals surface area contributed by atoms with E-state index in [1.807, 2.05) is 0 Å². The molecule has 29 heavy (non-hydrogen) atoms. The lowest BCUT2D eigenvalue weighted by molar-refractivity contribution is -0.384. The van der Waals surface area contributed by atoms with Gasteiger partial charge in [0.25, 0.3) is 11.6 Å². The van der Waals surface area contributed by atoms with Crippen molar-refractivity contribution in [2.45, 2.75) is 13.0 Å². The number of hydrogen-bond donors (Lipinski definition) is 1. The quantitative estimate of drug-likeness (QED) is 0.297. The number of nitrogens with one attached hydrogen (secondary N) is 1. The van der Waals surface area contributed by atoms with E-state index in [1.54, 1.807) is 0 Å². The first-order chi connectivity index (χ1) is 13.8. The minimum atomic E-state index is -1.47. The molecular formula is C18H17ClN4O6. The van der Waals surface area contributed by atoms with Crippen molar-refractivity contribution >= 4 is 40.4 Å². The number of nitro groups is 1. The minimum absolute atomic E-state index is 0.129. The highest BCUT2D eigenvalue weighted by Crippen LogP contribution is 2.36. The highest BCUT2D eigenvalue weighted by atomic mass is 35.5. The summed E-state index contributed by atoms with van der Waals surface area (Å²) in [6.07, 6.45) is 0. The van der Waals surface area contributed by atoms with Crippen molar-refractivity contribution in [1.82, 2.24) is 0 Å². The molecule has 0 aliphatic carbocycles. The second-order valence-electron chi connectivity index (χ2n) is 5.68. The fourth-order valence-corrected chi connectivity index (χ4v) is 2.50. The number of methoxy groups -OCH3 is 2. The van der Waals surface area contributed by atoms with Crippen LogP contribution >= 0.6 is 11.6 Å². The van der Waals surface area contributed by atoms with Gasteiger partial charge in [0.05, 0.1) is 35.5 Å².